The number of Topliss-reactive ketones (excluding diaryl/α,β-unsaturated/α-hetero) is 1. The average Bonchev–Trinajstić information content (AvgIpc) is 2.82. The third-order valence-corrected chi connectivity index (χ3v) is 7.48. The van der Waals surface area contributed by atoms with Gasteiger partial charge in [0.25, 0.3) is 5.56 Å². The summed E-state index contributed by atoms with van der Waals surface area (Å²) in [4.78, 5) is 39.1. The van der Waals surface area contributed by atoms with Crippen LogP contribution in [-0.2, 0) is 23.1 Å². The molecular formula is C24H29N5O5S. The number of rotatable bonds is 9. The summed E-state index contributed by atoms with van der Waals surface area (Å²) in [6, 6.07) is 13.6. The van der Waals surface area contributed by atoms with Crippen molar-refractivity contribution in [3.63, 3.8) is 0 Å². The van der Waals surface area contributed by atoms with Gasteiger partial charge in [-0.25, -0.2) is 17.5 Å². The van der Waals surface area contributed by atoms with Gasteiger partial charge in [-0.2, -0.15) is 0 Å². The highest BCUT2D eigenvalue weighted by Crippen LogP contribution is 2.22. The Bertz CT molecular complexity index is 1470. The molecule has 0 fully saturated rings. The van der Waals surface area contributed by atoms with E-state index in [1.54, 1.807) is 19.9 Å². The lowest BCUT2D eigenvalue weighted by Gasteiger charge is -2.17. The van der Waals surface area contributed by atoms with Gasteiger partial charge in [0.05, 0.1) is 18.0 Å². The summed E-state index contributed by atoms with van der Waals surface area (Å²) < 4.78 is 28.2. The Kier molecular flexibility index (Phi) is 7.61. The second kappa shape index (κ2) is 10.3. The van der Waals surface area contributed by atoms with Crippen molar-refractivity contribution < 1.29 is 13.2 Å². The standard InChI is InChI=1S/C24H29N5O5S/c1-5-28-23(31)21(22(25)29(24(28)32)15-17-9-7-6-8-10-17)20(30)14-26-19-13-18(12-11-16(19)2)35(33,34)27(3)4/h6-13,26H,5,14-15,25H2,1-4H3. The molecule has 0 saturated heterocycles. The molecule has 0 saturated carbocycles. The van der Waals surface area contributed by atoms with E-state index in [0.29, 0.717) is 11.3 Å². The number of nitrogens with two attached hydrogens (primary N) is 1. The molecule has 186 valence electrons. The summed E-state index contributed by atoms with van der Waals surface area (Å²) in [5, 5.41) is 2.91. The fraction of sp³-hybridized carbons (Fsp3) is 0.292. The molecule has 3 rings (SSSR count). The Morgan fingerprint density at radius 1 is 1.06 bits per heavy atom. The Labute approximate surface area is 203 Å². The van der Waals surface area contributed by atoms with E-state index < -0.39 is 27.1 Å². The van der Waals surface area contributed by atoms with Crippen LogP contribution in [0.15, 0.2) is 63.0 Å². The minimum absolute atomic E-state index is 0.0623. The maximum absolute atomic E-state index is 13.1. The third-order valence-electron chi connectivity index (χ3n) is 5.67. The summed E-state index contributed by atoms with van der Waals surface area (Å²) in [5.41, 5.74) is 6.47. The number of aromatic nitrogens is 2. The van der Waals surface area contributed by atoms with Crippen LogP contribution in [0.3, 0.4) is 0 Å². The molecule has 10 nitrogen and oxygen atoms in total. The monoisotopic (exact) mass is 499 g/mol. The van der Waals surface area contributed by atoms with Crippen LogP contribution in [0.2, 0.25) is 0 Å². The minimum atomic E-state index is -3.67. The fourth-order valence-electron chi connectivity index (χ4n) is 3.60. The van der Waals surface area contributed by atoms with E-state index in [1.165, 1.54) is 30.8 Å². The maximum atomic E-state index is 13.1. The smallest absolute Gasteiger partial charge is 0.332 e. The topological polar surface area (TPSA) is 136 Å². The number of benzene rings is 2. The molecule has 0 bridgehead atoms. The first-order valence-electron chi connectivity index (χ1n) is 11.0. The number of carbonyl (C=O) groups is 1. The van der Waals surface area contributed by atoms with Gasteiger partial charge in [0.15, 0.2) is 5.78 Å². The summed E-state index contributed by atoms with van der Waals surface area (Å²) >= 11 is 0. The van der Waals surface area contributed by atoms with Crippen LogP contribution in [0, 0.1) is 6.92 Å². The first-order chi connectivity index (χ1) is 16.5. The molecule has 0 unspecified atom stereocenters. The first kappa shape index (κ1) is 25.9. The van der Waals surface area contributed by atoms with Gasteiger partial charge in [0.1, 0.15) is 11.4 Å². The van der Waals surface area contributed by atoms with Gasteiger partial charge in [-0.3, -0.25) is 18.7 Å². The van der Waals surface area contributed by atoms with Crippen LogP contribution in [0.4, 0.5) is 11.5 Å². The average molecular weight is 500 g/mol. The Hall–Kier alpha value is -3.70. The van der Waals surface area contributed by atoms with Gasteiger partial charge in [0, 0.05) is 26.3 Å². The lowest BCUT2D eigenvalue weighted by Crippen LogP contribution is -2.44. The molecule has 0 spiro atoms. The van der Waals surface area contributed by atoms with Crippen molar-refractivity contribution in [1.82, 2.24) is 13.4 Å². The zero-order valence-corrected chi connectivity index (χ0v) is 20.9. The number of carbonyl (C=O) groups excluding carboxylic acids is 1. The number of nitrogens with one attached hydrogen (secondary N) is 1. The lowest BCUT2D eigenvalue weighted by atomic mass is 10.1. The van der Waals surface area contributed by atoms with Crippen molar-refractivity contribution in [3.8, 4) is 0 Å². The molecule has 1 aromatic heterocycles. The van der Waals surface area contributed by atoms with E-state index >= 15 is 0 Å². The van der Waals surface area contributed by atoms with E-state index in [-0.39, 0.29) is 35.9 Å². The molecule has 1 heterocycles. The zero-order chi connectivity index (χ0) is 25.9. The van der Waals surface area contributed by atoms with Gasteiger partial charge in [0.2, 0.25) is 10.0 Å². The Morgan fingerprint density at radius 3 is 2.31 bits per heavy atom. The number of hydrogen-bond donors (Lipinski definition) is 2. The number of aryl methyl sites for hydroxylation is 1. The zero-order valence-electron chi connectivity index (χ0n) is 20.1. The van der Waals surface area contributed by atoms with Crippen LogP contribution in [0.5, 0.6) is 0 Å². The lowest BCUT2D eigenvalue weighted by molar-refractivity contribution is 0.100. The van der Waals surface area contributed by atoms with Crippen LogP contribution in [0.1, 0.15) is 28.4 Å². The summed E-state index contributed by atoms with van der Waals surface area (Å²) in [6.07, 6.45) is 0. The van der Waals surface area contributed by atoms with Gasteiger partial charge < -0.3 is 11.1 Å². The molecule has 0 aliphatic heterocycles. The highest BCUT2D eigenvalue weighted by atomic mass is 32.2. The van der Waals surface area contributed by atoms with Crippen molar-refractivity contribution in [2.75, 3.05) is 31.7 Å². The van der Waals surface area contributed by atoms with Crippen molar-refractivity contribution in [3.05, 3.63) is 86.1 Å². The second-order valence-corrected chi connectivity index (χ2v) is 10.4. The third kappa shape index (κ3) is 5.20. The first-order valence-corrected chi connectivity index (χ1v) is 12.4. The summed E-state index contributed by atoms with van der Waals surface area (Å²) in [6.45, 7) is 3.25. The molecule has 0 aliphatic rings. The molecule has 0 atom stereocenters. The van der Waals surface area contributed by atoms with E-state index in [0.717, 1.165) is 14.4 Å². The van der Waals surface area contributed by atoms with Crippen LogP contribution in [-0.4, -0.2) is 48.3 Å². The summed E-state index contributed by atoms with van der Waals surface area (Å²) in [7, 11) is -0.816. The molecule has 3 N–H and O–H groups in total. The Balaban J connectivity index is 1.98. The van der Waals surface area contributed by atoms with Crippen LogP contribution in [0.25, 0.3) is 0 Å². The van der Waals surface area contributed by atoms with Gasteiger partial charge in [-0.05, 0) is 37.1 Å². The number of hydrogen-bond acceptors (Lipinski definition) is 7. The molecule has 0 amide bonds. The molecule has 0 radical (unpaired) electrons. The van der Waals surface area contributed by atoms with Crippen molar-refractivity contribution >= 4 is 27.3 Å². The maximum Gasteiger partial charge on any atom is 0.332 e. The number of ketones is 1. The van der Waals surface area contributed by atoms with E-state index in [4.69, 9.17) is 5.73 Å². The number of nitrogen functional groups attached to an aromatic ring is 1. The predicted octanol–water partition coefficient (Wildman–Crippen LogP) is 1.51. The number of nitrogens with zero attached hydrogens (tertiary/aromatic N) is 3. The number of anilines is 2. The van der Waals surface area contributed by atoms with Crippen molar-refractivity contribution in [2.24, 2.45) is 0 Å². The normalized spacial score (nSPS) is 11.6. The Morgan fingerprint density at radius 2 is 1.71 bits per heavy atom. The SMILES string of the molecule is CCn1c(=O)c(C(=O)CNc2cc(S(=O)(=O)N(C)C)ccc2C)c(N)n(Cc2ccccc2)c1=O. The van der Waals surface area contributed by atoms with Crippen LogP contribution >= 0.6 is 0 Å². The highest BCUT2D eigenvalue weighted by molar-refractivity contribution is 7.89. The molecule has 35 heavy (non-hydrogen) atoms. The van der Waals surface area contributed by atoms with Gasteiger partial charge in [-0.1, -0.05) is 36.4 Å². The largest absolute Gasteiger partial charge is 0.384 e. The molecule has 11 heteroatoms. The molecular weight excluding hydrogens is 470 g/mol. The van der Waals surface area contributed by atoms with Gasteiger partial charge in [-0.15, -0.1) is 0 Å². The van der Waals surface area contributed by atoms with Crippen molar-refractivity contribution in [2.45, 2.75) is 31.8 Å². The highest BCUT2D eigenvalue weighted by Gasteiger charge is 2.23. The predicted molar refractivity (Wildman–Crippen MR) is 135 cm³/mol. The molecule has 3 aromatic rings. The van der Waals surface area contributed by atoms with Crippen molar-refractivity contribution in [1.29, 1.82) is 0 Å². The summed E-state index contributed by atoms with van der Waals surface area (Å²) in [5.74, 6) is -0.821. The fourth-order valence-corrected chi connectivity index (χ4v) is 4.53. The van der Waals surface area contributed by atoms with E-state index in [9.17, 15) is 22.8 Å². The number of sulfonamides is 1. The van der Waals surface area contributed by atoms with E-state index in [2.05, 4.69) is 5.32 Å². The minimum Gasteiger partial charge on any atom is -0.384 e. The molecule has 0 aliphatic carbocycles. The second-order valence-electron chi connectivity index (χ2n) is 8.20. The van der Waals surface area contributed by atoms with E-state index in [1.807, 2.05) is 30.3 Å². The van der Waals surface area contributed by atoms with Crippen LogP contribution < -0.4 is 22.3 Å². The van der Waals surface area contributed by atoms with Gasteiger partial charge >= 0.3 is 5.69 Å². The molecule has 2 aromatic carbocycles. The quantitative estimate of drug-likeness (QED) is 0.426.